The number of benzene rings is 1. The zero-order valence-electron chi connectivity index (χ0n) is 11.1. The van der Waals surface area contributed by atoms with E-state index in [-0.39, 0.29) is 5.91 Å². The number of rotatable bonds is 2. The van der Waals surface area contributed by atoms with E-state index in [1.165, 1.54) is 0 Å². The molecule has 1 aromatic heterocycles. The van der Waals surface area contributed by atoms with Crippen LogP contribution in [0.25, 0.3) is 0 Å². The first-order valence-electron chi connectivity index (χ1n) is 5.98. The smallest absolute Gasteiger partial charge is 0.274 e. The molecule has 19 heavy (non-hydrogen) atoms. The van der Waals surface area contributed by atoms with Gasteiger partial charge in [-0.15, -0.1) is 0 Å². The molecular weight excluding hydrogens is 304 g/mol. The van der Waals surface area contributed by atoms with Crippen molar-refractivity contribution in [2.45, 2.75) is 20.8 Å². The summed E-state index contributed by atoms with van der Waals surface area (Å²) in [5.74, 6) is -0.190. The maximum atomic E-state index is 12.2. The van der Waals surface area contributed by atoms with Gasteiger partial charge in [0.15, 0.2) is 0 Å². The van der Waals surface area contributed by atoms with Crippen molar-refractivity contribution in [1.29, 1.82) is 0 Å². The lowest BCUT2D eigenvalue weighted by atomic mass is 10.2. The minimum Gasteiger partial charge on any atom is -0.321 e. The number of carbonyl (C=O) groups excluding carboxylic acids is 1. The first kappa shape index (κ1) is 13.7. The van der Waals surface area contributed by atoms with Gasteiger partial charge in [-0.05, 0) is 62.2 Å². The number of nitrogens with zero attached hydrogens (tertiary/aromatic N) is 1. The third kappa shape index (κ3) is 3.64. The van der Waals surface area contributed by atoms with E-state index in [0.717, 1.165) is 27.0 Å². The molecule has 0 bridgehead atoms. The Morgan fingerprint density at radius 2 is 1.74 bits per heavy atom. The highest BCUT2D eigenvalue weighted by Crippen LogP contribution is 2.19. The van der Waals surface area contributed by atoms with Gasteiger partial charge in [0.1, 0.15) is 5.69 Å². The molecule has 0 atom stereocenters. The largest absolute Gasteiger partial charge is 0.321 e. The van der Waals surface area contributed by atoms with Gasteiger partial charge >= 0.3 is 0 Å². The van der Waals surface area contributed by atoms with Gasteiger partial charge in [0.2, 0.25) is 0 Å². The first-order valence-corrected chi connectivity index (χ1v) is 6.77. The van der Waals surface area contributed by atoms with Crippen LogP contribution in [-0.2, 0) is 0 Å². The Bertz CT molecular complexity index is 598. The molecule has 0 aliphatic carbocycles. The number of amides is 1. The van der Waals surface area contributed by atoms with E-state index in [1.54, 1.807) is 6.07 Å². The number of aromatic nitrogens is 1. The van der Waals surface area contributed by atoms with Gasteiger partial charge in [0.05, 0.1) is 0 Å². The van der Waals surface area contributed by atoms with Crippen molar-refractivity contribution in [1.82, 2.24) is 4.98 Å². The highest BCUT2D eigenvalue weighted by molar-refractivity contribution is 9.10. The van der Waals surface area contributed by atoms with E-state index < -0.39 is 0 Å². The third-order valence-electron chi connectivity index (χ3n) is 2.63. The molecule has 1 heterocycles. The second kappa shape index (κ2) is 5.53. The molecule has 1 aromatic carbocycles. The number of hydrogen-bond acceptors (Lipinski definition) is 2. The van der Waals surface area contributed by atoms with Crippen LogP contribution in [0.4, 0.5) is 5.69 Å². The molecule has 0 aliphatic heterocycles. The molecule has 1 amide bonds. The lowest BCUT2D eigenvalue weighted by Crippen LogP contribution is -2.14. The van der Waals surface area contributed by atoms with E-state index >= 15 is 0 Å². The molecule has 0 aliphatic rings. The van der Waals surface area contributed by atoms with Crippen molar-refractivity contribution in [2.24, 2.45) is 0 Å². The Morgan fingerprint density at radius 1 is 1.05 bits per heavy atom. The summed E-state index contributed by atoms with van der Waals surface area (Å²) in [7, 11) is 0. The molecule has 0 saturated carbocycles. The maximum Gasteiger partial charge on any atom is 0.274 e. The summed E-state index contributed by atoms with van der Waals surface area (Å²) in [4.78, 5) is 16.4. The van der Waals surface area contributed by atoms with Crippen LogP contribution >= 0.6 is 15.9 Å². The average molecular weight is 319 g/mol. The molecule has 98 valence electrons. The monoisotopic (exact) mass is 318 g/mol. The molecule has 3 nitrogen and oxygen atoms in total. The minimum absolute atomic E-state index is 0.190. The fourth-order valence-corrected chi connectivity index (χ4v) is 2.57. The molecule has 0 spiro atoms. The summed E-state index contributed by atoms with van der Waals surface area (Å²) < 4.78 is 0.941. The van der Waals surface area contributed by atoms with Crippen molar-refractivity contribution in [3.8, 4) is 0 Å². The van der Waals surface area contributed by atoms with Crippen LogP contribution in [0.5, 0.6) is 0 Å². The highest BCUT2D eigenvalue weighted by atomic mass is 79.9. The van der Waals surface area contributed by atoms with Crippen LogP contribution in [0.1, 0.15) is 27.3 Å². The SMILES string of the molecule is Cc1cc(Br)cc(NC(=O)c2cc(C)cc(C)n2)c1. The van der Waals surface area contributed by atoms with Gasteiger partial charge in [-0.1, -0.05) is 15.9 Å². The first-order chi connectivity index (χ1) is 8.94. The van der Waals surface area contributed by atoms with Gasteiger partial charge in [0, 0.05) is 15.9 Å². The Labute approximate surface area is 121 Å². The van der Waals surface area contributed by atoms with Gasteiger partial charge in [-0.25, -0.2) is 4.98 Å². The number of anilines is 1. The van der Waals surface area contributed by atoms with Crippen molar-refractivity contribution in [3.05, 3.63) is 57.3 Å². The van der Waals surface area contributed by atoms with Crippen LogP contribution < -0.4 is 5.32 Å². The molecule has 2 rings (SSSR count). The predicted molar refractivity (Wildman–Crippen MR) is 80.5 cm³/mol. The summed E-state index contributed by atoms with van der Waals surface area (Å²) in [5.41, 5.74) is 4.16. The zero-order chi connectivity index (χ0) is 14.0. The van der Waals surface area contributed by atoms with Gasteiger partial charge in [-0.2, -0.15) is 0 Å². The maximum absolute atomic E-state index is 12.2. The van der Waals surface area contributed by atoms with E-state index in [0.29, 0.717) is 5.69 Å². The van der Waals surface area contributed by atoms with Gasteiger partial charge in [0.25, 0.3) is 5.91 Å². The van der Waals surface area contributed by atoms with E-state index in [1.807, 2.05) is 45.0 Å². The fraction of sp³-hybridized carbons (Fsp3) is 0.200. The quantitative estimate of drug-likeness (QED) is 0.908. The van der Waals surface area contributed by atoms with Crippen molar-refractivity contribution in [2.75, 3.05) is 5.32 Å². The topological polar surface area (TPSA) is 42.0 Å². The van der Waals surface area contributed by atoms with Crippen LogP contribution in [-0.4, -0.2) is 10.9 Å². The second-order valence-corrected chi connectivity index (χ2v) is 5.56. The number of nitrogens with one attached hydrogen (secondary N) is 1. The second-order valence-electron chi connectivity index (χ2n) is 4.64. The van der Waals surface area contributed by atoms with Crippen LogP contribution in [0.2, 0.25) is 0 Å². The Morgan fingerprint density at radius 3 is 2.37 bits per heavy atom. The fourth-order valence-electron chi connectivity index (χ4n) is 1.96. The molecular formula is C15H15BrN2O. The molecule has 0 saturated heterocycles. The number of carbonyl (C=O) groups is 1. The minimum atomic E-state index is -0.190. The molecule has 2 aromatic rings. The number of hydrogen-bond donors (Lipinski definition) is 1. The van der Waals surface area contributed by atoms with Crippen LogP contribution in [0, 0.1) is 20.8 Å². The summed E-state index contributed by atoms with van der Waals surface area (Å²) in [5, 5.41) is 2.86. The lowest BCUT2D eigenvalue weighted by molar-refractivity contribution is 0.102. The zero-order valence-corrected chi connectivity index (χ0v) is 12.7. The summed E-state index contributed by atoms with van der Waals surface area (Å²) in [6, 6.07) is 9.51. The Balaban J connectivity index is 2.25. The predicted octanol–water partition coefficient (Wildman–Crippen LogP) is 4.02. The average Bonchev–Trinajstić information content (AvgIpc) is 2.25. The summed E-state index contributed by atoms with van der Waals surface area (Å²) in [6.45, 7) is 5.82. The molecule has 0 unspecified atom stereocenters. The van der Waals surface area contributed by atoms with Crippen molar-refractivity contribution in [3.63, 3.8) is 0 Å². The van der Waals surface area contributed by atoms with Gasteiger partial charge < -0.3 is 5.32 Å². The van der Waals surface area contributed by atoms with E-state index in [9.17, 15) is 4.79 Å². The number of aryl methyl sites for hydroxylation is 3. The van der Waals surface area contributed by atoms with E-state index in [4.69, 9.17) is 0 Å². The van der Waals surface area contributed by atoms with Crippen molar-refractivity contribution >= 4 is 27.5 Å². The molecule has 0 fully saturated rings. The number of halogens is 1. The van der Waals surface area contributed by atoms with E-state index in [2.05, 4.69) is 26.2 Å². The standard InChI is InChI=1S/C15H15BrN2O/c1-9-4-11(3)17-14(7-9)15(19)18-13-6-10(2)5-12(16)8-13/h4-8H,1-3H3,(H,18,19). The van der Waals surface area contributed by atoms with Crippen LogP contribution in [0.3, 0.4) is 0 Å². The summed E-state index contributed by atoms with van der Waals surface area (Å²) >= 11 is 3.42. The third-order valence-corrected chi connectivity index (χ3v) is 3.09. The molecule has 0 radical (unpaired) electrons. The lowest BCUT2D eigenvalue weighted by Gasteiger charge is -2.08. The van der Waals surface area contributed by atoms with Crippen molar-refractivity contribution < 1.29 is 4.79 Å². The summed E-state index contributed by atoms with van der Waals surface area (Å²) in [6.07, 6.45) is 0. The van der Waals surface area contributed by atoms with Crippen LogP contribution in [0.15, 0.2) is 34.8 Å². The molecule has 4 heteroatoms. The van der Waals surface area contributed by atoms with Gasteiger partial charge in [-0.3, -0.25) is 4.79 Å². The Hall–Kier alpha value is -1.68. The normalized spacial score (nSPS) is 10.3. The number of pyridine rings is 1. The Kier molecular flexibility index (Phi) is 4.00. The molecule has 1 N–H and O–H groups in total. The highest BCUT2D eigenvalue weighted by Gasteiger charge is 2.09.